The van der Waals surface area contributed by atoms with Crippen molar-refractivity contribution in [2.45, 2.75) is 32.7 Å². The molecule has 2 N–H and O–H groups in total. The van der Waals surface area contributed by atoms with E-state index in [1.807, 2.05) is 45.0 Å². The summed E-state index contributed by atoms with van der Waals surface area (Å²) in [6.07, 6.45) is 0.769. The van der Waals surface area contributed by atoms with Crippen molar-refractivity contribution in [3.63, 3.8) is 0 Å². The number of nitrogens with one attached hydrogen (secondary N) is 2. The van der Waals surface area contributed by atoms with Crippen molar-refractivity contribution in [2.24, 2.45) is 0 Å². The molecule has 0 saturated carbocycles. The first kappa shape index (κ1) is 15.5. The average Bonchev–Trinajstić information content (AvgIpc) is 2.36. The number of amides is 1. The molecule has 0 unspecified atom stereocenters. The van der Waals surface area contributed by atoms with Crippen LogP contribution in [0.15, 0.2) is 24.3 Å². The number of benzene rings is 1. The van der Waals surface area contributed by atoms with E-state index >= 15 is 0 Å². The average molecular weight is 264 g/mol. The van der Waals surface area contributed by atoms with Crippen LogP contribution in [-0.2, 0) is 11.2 Å². The lowest BCUT2D eigenvalue weighted by Crippen LogP contribution is -2.43. The zero-order valence-corrected chi connectivity index (χ0v) is 12.2. The van der Waals surface area contributed by atoms with Crippen LogP contribution >= 0.6 is 0 Å². The highest BCUT2D eigenvalue weighted by Crippen LogP contribution is 2.17. The zero-order valence-electron chi connectivity index (χ0n) is 12.2. The molecule has 0 atom stereocenters. The molecule has 1 aromatic carbocycles. The summed E-state index contributed by atoms with van der Waals surface area (Å²) < 4.78 is 5.27. The first-order chi connectivity index (χ1) is 8.92. The summed E-state index contributed by atoms with van der Waals surface area (Å²) in [5.41, 5.74) is 1.06. The van der Waals surface area contributed by atoms with Crippen LogP contribution in [0.3, 0.4) is 0 Å². The molecule has 1 rings (SSSR count). The van der Waals surface area contributed by atoms with E-state index in [-0.39, 0.29) is 11.4 Å². The third-order valence-electron chi connectivity index (χ3n) is 2.69. The summed E-state index contributed by atoms with van der Waals surface area (Å²) in [5, 5.41) is 6.05. The molecule has 0 aromatic heterocycles. The Morgan fingerprint density at radius 3 is 2.58 bits per heavy atom. The molecule has 0 fully saturated rings. The van der Waals surface area contributed by atoms with Crippen LogP contribution in [0.25, 0.3) is 0 Å². The smallest absolute Gasteiger partial charge is 0.233 e. The van der Waals surface area contributed by atoms with Crippen molar-refractivity contribution in [1.29, 1.82) is 0 Å². The van der Waals surface area contributed by atoms with Crippen LogP contribution in [0.2, 0.25) is 0 Å². The minimum atomic E-state index is -0.0417. The number of hydrogen-bond donors (Lipinski definition) is 2. The molecule has 0 spiro atoms. The largest absolute Gasteiger partial charge is 0.496 e. The van der Waals surface area contributed by atoms with E-state index in [0.29, 0.717) is 13.1 Å². The second-order valence-corrected chi connectivity index (χ2v) is 5.52. The van der Waals surface area contributed by atoms with E-state index in [2.05, 4.69) is 10.6 Å². The quantitative estimate of drug-likeness (QED) is 0.823. The van der Waals surface area contributed by atoms with Crippen LogP contribution in [0.1, 0.15) is 26.3 Å². The molecule has 0 bridgehead atoms. The van der Waals surface area contributed by atoms with Gasteiger partial charge in [-0.3, -0.25) is 4.79 Å². The van der Waals surface area contributed by atoms with E-state index in [1.165, 1.54) is 0 Å². The predicted octanol–water partition coefficient (Wildman–Crippen LogP) is 1.74. The second kappa shape index (κ2) is 7.14. The van der Waals surface area contributed by atoms with Crippen LogP contribution in [0, 0.1) is 0 Å². The van der Waals surface area contributed by atoms with Gasteiger partial charge in [-0.25, -0.2) is 0 Å². The van der Waals surface area contributed by atoms with Crippen molar-refractivity contribution in [3.8, 4) is 5.75 Å². The normalized spacial score (nSPS) is 11.2. The summed E-state index contributed by atoms with van der Waals surface area (Å²) in [6, 6.07) is 7.85. The fourth-order valence-electron chi connectivity index (χ4n) is 1.65. The van der Waals surface area contributed by atoms with E-state index < -0.39 is 0 Å². The Morgan fingerprint density at radius 1 is 1.26 bits per heavy atom. The third-order valence-corrected chi connectivity index (χ3v) is 2.69. The van der Waals surface area contributed by atoms with Gasteiger partial charge >= 0.3 is 0 Å². The van der Waals surface area contributed by atoms with E-state index in [1.54, 1.807) is 7.11 Å². The number of carbonyl (C=O) groups excluding carboxylic acids is 1. The number of hydrogen-bond acceptors (Lipinski definition) is 3. The predicted molar refractivity (Wildman–Crippen MR) is 77.5 cm³/mol. The summed E-state index contributed by atoms with van der Waals surface area (Å²) in [4.78, 5) is 11.6. The van der Waals surface area contributed by atoms with E-state index in [9.17, 15) is 4.79 Å². The fourth-order valence-corrected chi connectivity index (χ4v) is 1.65. The van der Waals surface area contributed by atoms with Crippen LogP contribution in [0.5, 0.6) is 5.75 Å². The van der Waals surface area contributed by atoms with Crippen molar-refractivity contribution in [3.05, 3.63) is 29.8 Å². The third kappa shape index (κ3) is 6.25. The van der Waals surface area contributed by atoms with Gasteiger partial charge in [0.1, 0.15) is 5.75 Å². The molecule has 0 aliphatic heterocycles. The maximum atomic E-state index is 11.6. The number of carbonyl (C=O) groups is 1. The van der Waals surface area contributed by atoms with Crippen LogP contribution in [-0.4, -0.2) is 31.6 Å². The number of methoxy groups -OCH3 is 1. The number of ether oxygens (including phenoxy) is 1. The SMILES string of the molecule is COc1ccccc1CCNC(=O)CNC(C)(C)C. The molecule has 1 aromatic rings. The van der Waals surface area contributed by atoms with Gasteiger partial charge in [-0.1, -0.05) is 18.2 Å². The lowest BCUT2D eigenvalue weighted by atomic mass is 10.1. The summed E-state index contributed by atoms with van der Waals surface area (Å²) in [6.45, 7) is 7.07. The van der Waals surface area contributed by atoms with Gasteiger partial charge in [-0.05, 0) is 38.8 Å². The summed E-state index contributed by atoms with van der Waals surface area (Å²) in [7, 11) is 1.66. The molecule has 0 heterocycles. The molecule has 0 aliphatic carbocycles. The highest BCUT2D eigenvalue weighted by molar-refractivity contribution is 5.78. The summed E-state index contributed by atoms with van der Waals surface area (Å²) in [5.74, 6) is 0.884. The summed E-state index contributed by atoms with van der Waals surface area (Å²) >= 11 is 0. The van der Waals surface area contributed by atoms with Gasteiger partial charge in [-0.15, -0.1) is 0 Å². The van der Waals surface area contributed by atoms with Gasteiger partial charge in [-0.2, -0.15) is 0 Å². The fraction of sp³-hybridized carbons (Fsp3) is 0.533. The molecule has 0 radical (unpaired) electrons. The Kier molecular flexibility index (Phi) is 5.83. The lowest BCUT2D eigenvalue weighted by molar-refractivity contribution is -0.120. The maximum Gasteiger partial charge on any atom is 0.233 e. The molecular formula is C15H24N2O2. The molecule has 4 heteroatoms. The van der Waals surface area contributed by atoms with E-state index in [4.69, 9.17) is 4.74 Å². The monoisotopic (exact) mass is 264 g/mol. The van der Waals surface area contributed by atoms with Gasteiger partial charge in [0.25, 0.3) is 0 Å². The van der Waals surface area contributed by atoms with Crippen molar-refractivity contribution >= 4 is 5.91 Å². The Morgan fingerprint density at radius 2 is 1.95 bits per heavy atom. The number of para-hydroxylation sites is 1. The van der Waals surface area contributed by atoms with Crippen molar-refractivity contribution in [1.82, 2.24) is 10.6 Å². The second-order valence-electron chi connectivity index (χ2n) is 5.52. The topological polar surface area (TPSA) is 50.4 Å². The Labute approximate surface area is 115 Å². The molecule has 4 nitrogen and oxygen atoms in total. The van der Waals surface area contributed by atoms with E-state index in [0.717, 1.165) is 17.7 Å². The first-order valence-electron chi connectivity index (χ1n) is 6.56. The van der Waals surface area contributed by atoms with Gasteiger partial charge in [0.15, 0.2) is 0 Å². The highest BCUT2D eigenvalue weighted by Gasteiger charge is 2.11. The molecule has 19 heavy (non-hydrogen) atoms. The number of rotatable bonds is 6. The maximum absolute atomic E-state index is 11.6. The van der Waals surface area contributed by atoms with Crippen LogP contribution < -0.4 is 15.4 Å². The first-order valence-corrected chi connectivity index (χ1v) is 6.56. The molecule has 0 aliphatic rings. The Bertz CT molecular complexity index is 411. The Balaban J connectivity index is 2.32. The van der Waals surface area contributed by atoms with Gasteiger partial charge in [0.05, 0.1) is 13.7 Å². The molecule has 0 saturated heterocycles. The molecular weight excluding hydrogens is 240 g/mol. The van der Waals surface area contributed by atoms with Gasteiger partial charge in [0.2, 0.25) is 5.91 Å². The molecule has 1 amide bonds. The minimum absolute atomic E-state index is 0.0184. The molecule has 106 valence electrons. The lowest BCUT2D eigenvalue weighted by Gasteiger charge is -2.20. The van der Waals surface area contributed by atoms with Gasteiger partial charge < -0.3 is 15.4 Å². The minimum Gasteiger partial charge on any atom is -0.496 e. The van der Waals surface area contributed by atoms with Crippen LogP contribution in [0.4, 0.5) is 0 Å². The Hall–Kier alpha value is -1.55. The van der Waals surface area contributed by atoms with Gasteiger partial charge in [0, 0.05) is 12.1 Å². The standard InChI is InChI=1S/C15H24N2O2/c1-15(2,3)17-11-14(18)16-10-9-12-7-5-6-8-13(12)19-4/h5-8,17H,9-11H2,1-4H3,(H,16,18). The van der Waals surface area contributed by atoms with Crippen molar-refractivity contribution in [2.75, 3.05) is 20.2 Å². The zero-order chi connectivity index (χ0) is 14.3. The highest BCUT2D eigenvalue weighted by atomic mass is 16.5. The van der Waals surface area contributed by atoms with Crippen molar-refractivity contribution < 1.29 is 9.53 Å².